The summed E-state index contributed by atoms with van der Waals surface area (Å²) in [7, 11) is 0. The summed E-state index contributed by atoms with van der Waals surface area (Å²) < 4.78 is 26.1. The Hall–Kier alpha value is -2.04. The van der Waals surface area contributed by atoms with E-state index in [-0.39, 0.29) is 43.3 Å². The van der Waals surface area contributed by atoms with Crippen LogP contribution in [0.4, 0.5) is 0 Å². The van der Waals surface area contributed by atoms with Gasteiger partial charge in [0.15, 0.2) is 0 Å². The Morgan fingerprint density at radius 1 is 0.438 bits per heavy atom. The molecule has 2 aliphatic heterocycles. The van der Waals surface area contributed by atoms with Gasteiger partial charge >= 0.3 is 0 Å². The fraction of sp³-hybridized carbons (Fsp3) is 0.800. The van der Waals surface area contributed by atoms with Gasteiger partial charge in [-0.25, -0.2) is 0 Å². The molecule has 2 aliphatic rings. The van der Waals surface area contributed by atoms with Crippen LogP contribution in [-0.4, -0.2) is 38.6 Å². The second kappa shape index (κ2) is 20.3. The monoisotopic (exact) mass is 887 g/mol. The Kier molecular flexibility index (Phi) is 17.3. The third-order valence-corrected chi connectivity index (χ3v) is 14.1. The summed E-state index contributed by atoms with van der Waals surface area (Å²) in [6, 6.07) is 10.2. The van der Waals surface area contributed by atoms with E-state index in [1.807, 2.05) is 0 Å². The molecule has 4 rings (SSSR count). The zero-order valence-corrected chi connectivity index (χ0v) is 46.2. The van der Waals surface area contributed by atoms with Gasteiger partial charge in [0.05, 0.1) is 38.6 Å². The fourth-order valence-corrected chi connectivity index (χ4v) is 12.6. The van der Waals surface area contributed by atoms with Crippen molar-refractivity contribution in [2.45, 2.75) is 250 Å². The molecule has 0 N–H and O–H groups in total. The Morgan fingerprint density at radius 2 is 0.672 bits per heavy atom. The smallest absolute Gasteiger partial charge is 0.126 e. The topological polar surface area (TPSA) is 43.5 Å². The molecule has 4 atom stereocenters. The predicted octanol–water partition coefficient (Wildman–Crippen LogP) is 17.4. The normalized spacial score (nSPS) is 18.8. The van der Waals surface area contributed by atoms with Crippen LogP contribution in [0, 0.1) is 33.5 Å². The fourth-order valence-electron chi connectivity index (χ4n) is 12.6. The maximum Gasteiger partial charge on any atom is 0.126 e. The van der Waals surface area contributed by atoms with E-state index >= 15 is 0 Å². The van der Waals surface area contributed by atoms with Gasteiger partial charge in [-0.1, -0.05) is 165 Å². The van der Waals surface area contributed by atoms with Crippen molar-refractivity contribution in [1.82, 2.24) is 0 Å². The molecule has 4 heteroatoms. The molecule has 64 heavy (non-hydrogen) atoms. The number of ether oxygens (including phenoxy) is 4. The Bertz CT molecular complexity index is 1570. The van der Waals surface area contributed by atoms with Gasteiger partial charge in [0.2, 0.25) is 0 Å². The van der Waals surface area contributed by atoms with E-state index in [9.17, 15) is 0 Å². The van der Waals surface area contributed by atoms with Crippen molar-refractivity contribution in [1.29, 1.82) is 0 Å². The summed E-state index contributed by atoms with van der Waals surface area (Å²) >= 11 is 0. The average molecular weight is 887 g/mol. The van der Waals surface area contributed by atoms with Gasteiger partial charge in [-0.15, -0.1) is 0 Å². The van der Waals surface area contributed by atoms with Crippen molar-refractivity contribution in [2.24, 2.45) is 33.5 Å². The van der Waals surface area contributed by atoms with E-state index in [4.69, 9.17) is 18.9 Å². The minimum Gasteiger partial charge on any atom is -0.493 e. The van der Waals surface area contributed by atoms with E-state index in [2.05, 4.69) is 177 Å². The molecule has 0 saturated carbocycles. The first-order chi connectivity index (χ1) is 29.1. The molecular formula is C60H102O4. The minimum absolute atomic E-state index is 0.132. The van der Waals surface area contributed by atoms with Crippen LogP contribution in [0.1, 0.15) is 239 Å². The van der Waals surface area contributed by atoms with Crippen molar-refractivity contribution in [3.63, 3.8) is 0 Å². The summed E-state index contributed by atoms with van der Waals surface area (Å²) in [4.78, 5) is 0. The van der Waals surface area contributed by atoms with Gasteiger partial charge in [0.1, 0.15) is 11.5 Å². The number of hydrogen-bond donors (Lipinski definition) is 0. The largest absolute Gasteiger partial charge is 0.493 e. The average Bonchev–Trinajstić information content (AvgIpc) is 4.02. The molecule has 2 aromatic carbocycles. The molecule has 4 nitrogen and oxygen atoms in total. The molecule has 4 unspecified atom stereocenters. The van der Waals surface area contributed by atoms with Crippen molar-refractivity contribution < 1.29 is 18.9 Å². The first kappa shape index (κ1) is 54.6. The van der Waals surface area contributed by atoms with Crippen LogP contribution >= 0.6 is 0 Å². The molecule has 2 fully saturated rings. The molecule has 0 aromatic heterocycles. The predicted molar refractivity (Wildman–Crippen MR) is 277 cm³/mol. The molecule has 366 valence electrons. The lowest BCUT2D eigenvalue weighted by atomic mass is 9.66. The van der Waals surface area contributed by atoms with E-state index < -0.39 is 0 Å². The van der Waals surface area contributed by atoms with Crippen LogP contribution in [-0.2, 0) is 31.1 Å². The minimum atomic E-state index is -0.141. The van der Waals surface area contributed by atoms with Crippen molar-refractivity contribution >= 4 is 0 Å². The van der Waals surface area contributed by atoms with E-state index in [0.717, 1.165) is 102 Å². The van der Waals surface area contributed by atoms with Crippen LogP contribution in [0.2, 0.25) is 0 Å². The third-order valence-electron chi connectivity index (χ3n) is 14.1. The molecule has 2 aromatic rings. The Labute approximate surface area is 396 Å². The molecular weight excluding hydrogens is 785 g/mol. The number of epoxide rings is 2. The zero-order valence-electron chi connectivity index (χ0n) is 46.2. The third kappa shape index (κ3) is 16.0. The van der Waals surface area contributed by atoms with Gasteiger partial charge in [0.25, 0.3) is 0 Å². The number of benzene rings is 2. The summed E-state index contributed by atoms with van der Waals surface area (Å²) in [6.45, 7) is 56.3. The quantitative estimate of drug-likeness (QED) is 0.0824. The second-order valence-electron chi connectivity index (χ2n) is 28.3. The lowest BCUT2D eigenvalue weighted by molar-refractivity contribution is 0.236. The highest BCUT2D eigenvalue weighted by Crippen LogP contribution is 2.52. The first-order valence-electron chi connectivity index (χ1n) is 26.0. The van der Waals surface area contributed by atoms with Gasteiger partial charge in [-0.2, -0.15) is 0 Å². The van der Waals surface area contributed by atoms with E-state index in [1.54, 1.807) is 0 Å². The van der Waals surface area contributed by atoms with Crippen LogP contribution in [0.3, 0.4) is 0 Å². The molecule has 0 amide bonds. The highest BCUT2D eigenvalue weighted by atomic mass is 16.6. The molecule has 2 heterocycles. The van der Waals surface area contributed by atoms with Gasteiger partial charge in [-0.3, -0.25) is 0 Å². The Morgan fingerprint density at radius 3 is 0.859 bits per heavy atom. The van der Waals surface area contributed by atoms with Gasteiger partial charge < -0.3 is 18.9 Å². The van der Waals surface area contributed by atoms with Crippen molar-refractivity contribution in [3.8, 4) is 22.6 Å². The molecule has 2 saturated heterocycles. The summed E-state index contributed by atoms with van der Waals surface area (Å²) in [6.07, 6.45) is 11.7. The SMILES string of the molecule is CCC(CCCOc1c(C(C)(C)CC(C)(C)C)cc(-c2cc(C(C)(C)CC(C)(C)C)c(OCCCC(CC)C3CO3)c(C(C)(C)CC(C)(C)C)c2)cc1C(C)(C)CC(C)(C)C)C1CO1. The van der Waals surface area contributed by atoms with Gasteiger partial charge in [-0.05, 0) is 142 Å². The molecule has 0 spiro atoms. The standard InChI is InChI=1S/C60H102O4/c1-23-41(49-35-63-49)27-25-29-61-51-45(57(15,16)37-53(3,4)5)31-43(32-46(51)58(17,18)38-54(6,7)8)44-33-47(59(19,20)39-55(9,10)11)52(48(34-44)60(21,22)40-56(12,13)14)62-30-26-28-42(24-2)50-36-64-50/h31-34,41-42,49-50H,23-30,35-40H2,1-22H3. The molecule has 0 bridgehead atoms. The van der Waals surface area contributed by atoms with Crippen LogP contribution in [0.5, 0.6) is 11.5 Å². The van der Waals surface area contributed by atoms with E-state index in [0.29, 0.717) is 24.0 Å². The number of rotatable bonds is 23. The zero-order chi connectivity index (χ0) is 48.5. The summed E-state index contributed by atoms with van der Waals surface area (Å²) in [5, 5.41) is 0. The maximum absolute atomic E-state index is 7.27. The van der Waals surface area contributed by atoms with Crippen LogP contribution < -0.4 is 9.47 Å². The second-order valence-corrected chi connectivity index (χ2v) is 28.3. The van der Waals surface area contributed by atoms with Gasteiger partial charge in [0, 0.05) is 22.3 Å². The van der Waals surface area contributed by atoms with Crippen LogP contribution in [0.25, 0.3) is 11.1 Å². The lowest BCUT2D eigenvalue weighted by Gasteiger charge is -2.40. The Balaban J connectivity index is 2.05. The summed E-state index contributed by atoms with van der Waals surface area (Å²) in [5.41, 5.74) is 7.90. The van der Waals surface area contributed by atoms with E-state index in [1.165, 1.54) is 33.4 Å². The highest BCUT2D eigenvalue weighted by molar-refractivity contribution is 5.73. The molecule has 0 aliphatic carbocycles. The summed E-state index contributed by atoms with van der Waals surface area (Å²) in [5.74, 6) is 3.47. The molecule has 0 radical (unpaired) electrons. The lowest BCUT2D eigenvalue weighted by Crippen LogP contribution is -2.30. The van der Waals surface area contributed by atoms with Crippen molar-refractivity contribution in [2.75, 3.05) is 26.4 Å². The van der Waals surface area contributed by atoms with Crippen molar-refractivity contribution in [3.05, 3.63) is 46.5 Å². The first-order valence-corrected chi connectivity index (χ1v) is 26.0. The van der Waals surface area contributed by atoms with Crippen LogP contribution in [0.15, 0.2) is 24.3 Å². The number of hydrogen-bond acceptors (Lipinski definition) is 4. The highest BCUT2D eigenvalue weighted by Gasteiger charge is 2.40. The maximum atomic E-state index is 7.27.